The second-order valence-corrected chi connectivity index (χ2v) is 4.67. The first kappa shape index (κ1) is 16.4. The van der Waals surface area contributed by atoms with E-state index in [2.05, 4.69) is 10.6 Å². The summed E-state index contributed by atoms with van der Waals surface area (Å²) in [5, 5.41) is 5.30. The van der Waals surface area contributed by atoms with E-state index in [1.54, 1.807) is 48.5 Å². The zero-order valence-electron chi connectivity index (χ0n) is 13.0. The lowest BCUT2D eigenvalue weighted by Gasteiger charge is -2.11. The van der Waals surface area contributed by atoms with E-state index in [1.165, 1.54) is 14.2 Å². The molecular weight excluding hydrogens is 296 g/mol. The molecule has 2 amide bonds. The molecule has 0 fully saturated rings. The highest BCUT2D eigenvalue weighted by molar-refractivity contribution is 6.08. The van der Waals surface area contributed by atoms with Gasteiger partial charge in [-0.15, -0.1) is 0 Å². The van der Waals surface area contributed by atoms with Crippen molar-refractivity contribution < 1.29 is 19.1 Å². The number of hydrogen-bond acceptors (Lipinski definition) is 4. The summed E-state index contributed by atoms with van der Waals surface area (Å²) in [6.45, 7) is 0. The first-order valence-electron chi connectivity index (χ1n) is 6.99. The maximum absolute atomic E-state index is 12.0. The van der Waals surface area contributed by atoms with Gasteiger partial charge in [0.05, 0.1) is 25.6 Å². The summed E-state index contributed by atoms with van der Waals surface area (Å²) in [4.78, 5) is 24.0. The van der Waals surface area contributed by atoms with Crippen LogP contribution in [0.3, 0.4) is 0 Å². The topological polar surface area (TPSA) is 76.7 Å². The Labute approximate surface area is 134 Å². The number of para-hydroxylation sites is 4. The second-order valence-electron chi connectivity index (χ2n) is 4.67. The molecule has 0 radical (unpaired) electrons. The highest BCUT2D eigenvalue weighted by Gasteiger charge is 2.13. The average molecular weight is 314 g/mol. The zero-order valence-corrected chi connectivity index (χ0v) is 13.0. The maximum Gasteiger partial charge on any atom is 0.233 e. The second kappa shape index (κ2) is 7.84. The van der Waals surface area contributed by atoms with Gasteiger partial charge < -0.3 is 20.1 Å². The molecule has 6 heteroatoms. The Bertz CT molecular complexity index is 641. The molecule has 2 N–H and O–H groups in total. The molecule has 2 aromatic rings. The summed E-state index contributed by atoms with van der Waals surface area (Å²) in [6, 6.07) is 14.0. The molecule has 0 aromatic heterocycles. The zero-order chi connectivity index (χ0) is 16.7. The van der Waals surface area contributed by atoms with E-state index in [9.17, 15) is 9.59 Å². The van der Waals surface area contributed by atoms with Crippen LogP contribution in [-0.2, 0) is 9.59 Å². The van der Waals surface area contributed by atoms with Crippen molar-refractivity contribution in [2.75, 3.05) is 24.9 Å². The number of anilines is 2. The lowest BCUT2D eigenvalue weighted by atomic mass is 10.2. The van der Waals surface area contributed by atoms with Crippen molar-refractivity contribution in [2.24, 2.45) is 0 Å². The Kier molecular flexibility index (Phi) is 5.57. The summed E-state index contributed by atoms with van der Waals surface area (Å²) in [5.74, 6) is 0.209. The number of benzene rings is 2. The molecule has 0 atom stereocenters. The van der Waals surface area contributed by atoms with Crippen LogP contribution in [0.2, 0.25) is 0 Å². The van der Waals surface area contributed by atoms with Gasteiger partial charge >= 0.3 is 0 Å². The fourth-order valence-electron chi connectivity index (χ4n) is 2.03. The predicted molar refractivity (Wildman–Crippen MR) is 87.9 cm³/mol. The minimum atomic E-state index is -0.429. The van der Waals surface area contributed by atoms with Gasteiger partial charge in [0, 0.05) is 0 Å². The molecule has 120 valence electrons. The van der Waals surface area contributed by atoms with Crippen LogP contribution < -0.4 is 20.1 Å². The first-order valence-corrected chi connectivity index (χ1v) is 6.99. The Morgan fingerprint density at radius 1 is 0.783 bits per heavy atom. The quantitative estimate of drug-likeness (QED) is 0.804. The van der Waals surface area contributed by atoms with Gasteiger partial charge in [0.1, 0.15) is 17.9 Å². The monoisotopic (exact) mass is 314 g/mol. The van der Waals surface area contributed by atoms with Crippen LogP contribution in [0.4, 0.5) is 11.4 Å². The highest BCUT2D eigenvalue weighted by Crippen LogP contribution is 2.24. The van der Waals surface area contributed by atoms with E-state index >= 15 is 0 Å². The van der Waals surface area contributed by atoms with E-state index in [0.717, 1.165) is 0 Å². The number of carbonyl (C=O) groups excluding carboxylic acids is 2. The van der Waals surface area contributed by atoms with Crippen molar-refractivity contribution in [3.8, 4) is 11.5 Å². The van der Waals surface area contributed by atoms with Gasteiger partial charge in [0.2, 0.25) is 11.8 Å². The molecule has 0 aliphatic heterocycles. The summed E-state index contributed by atoms with van der Waals surface area (Å²) in [6.07, 6.45) is -0.309. The normalized spacial score (nSPS) is 9.83. The molecule has 0 spiro atoms. The minimum absolute atomic E-state index is 0.309. The van der Waals surface area contributed by atoms with Crippen molar-refractivity contribution in [1.82, 2.24) is 0 Å². The van der Waals surface area contributed by atoms with Crippen molar-refractivity contribution in [1.29, 1.82) is 0 Å². The fraction of sp³-hybridized carbons (Fsp3) is 0.176. The van der Waals surface area contributed by atoms with Crippen LogP contribution >= 0.6 is 0 Å². The molecule has 0 heterocycles. The predicted octanol–water partition coefficient (Wildman–Crippen LogP) is 2.67. The van der Waals surface area contributed by atoms with Crippen LogP contribution in [0.25, 0.3) is 0 Å². The molecule has 0 aliphatic carbocycles. The third kappa shape index (κ3) is 4.47. The van der Waals surface area contributed by atoms with Gasteiger partial charge in [-0.05, 0) is 24.3 Å². The van der Waals surface area contributed by atoms with Crippen molar-refractivity contribution in [2.45, 2.75) is 6.42 Å². The number of ether oxygens (including phenoxy) is 2. The molecule has 0 saturated heterocycles. The molecule has 0 unspecified atom stereocenters. The van der Waals surface area contributed by atoms with Crippen LogP contribution in [0.15, 0.2) is 48.5 Å². The van der Waals surface area contributed by atoms with E-state index < -0.39 is 11.8 Å². The van der Waals surface area contributed by atoms with Crippen LogP contribution in [0.5, 0.6) is 11.5 Å². The Balaban J connectivity index is 1.96. The first-order chi connectivity index (χ1) is 11.1. The molecule has 0 aliphatic rings. The molecule has 2 aromatic carbocycles. The van der Waals surface area contributed by atoms with Gasteiger partial charge in [0.25, 0.3) is 0 Å². The third-order valence-corrected chi connectivity index (χ3v) is 3.08. The number of amides is 2. The SMILES string of the molecule is COc1ccccc1NC(=O)CC(=O)Nc1ccccc1OC. The summed E-state index contributed by atoms with van der Waals surface area (Å²) in [7, 11) is 3.03. The van der Waals surface area contributed by atoms with Crippen LogP contribution in [0, 0.1) is 0 Å². The van der Waals surface area contributed by atoms with Crippen molar-refractivity contribution in [3.05, 3.63) is 48.5 Å². The third-order valence-electron chi connectivity index (χ3n) is 3.08. The van der Waals surface area contributed by atoms with Crippen LogP contribution in [0.1, 0.15) is 6.42 Å². The highest BCUT2D eigenvalue weighted by atomic mass is 16.5. The van der Waals surface area contributed by atoms with Gasteiger partial charge in [-0.1, -0.05) is 24.3 Å². The van der Waals surface area contributed by atoms with Gasteiger partial charge in [0.15, 0.2) is 0 Å². The summed E-state index contributed by atoms with van der Waals surface area (Å²) < 4.78 is 10.3. The average Bonchev–Trinajstić information content (AvgIpc) is 2.55. The Morgan fingerprint density at radius 3 is 1.57 bits per heavy atom. The molecule has 2 rings (SSSR count). The van der Waals surface area contributed by atoms with Gasteiger partial charge in [-0.2, -0.15) is 0 Å². The molecule has 0 bridgehead atoms. The number of carbonyl (C=O) groups is 2. The number of hydrogen-bond donors (Lipinski definition) is 2. The van der Waals surface area contributed by atoms with E-state index in [-0.39, 0.29) is 6.42 Å². The van der Waals surface area contributed by atoms with Crippen molar-refractivity contribution in [3.63, 3.8) is 0 Å². The largest absolute Gasteiger partial charge is 0.495 e. The lowest BCUT2D eigenvalue weighted by molar-refractivity contribution is -0.123. The standard InChI is InChI=1S/C17H18N2O4/c1-22-14-9-5-3-7-12(14)18-16(20)11-17(21)19-13-8-4-6-10-15(13)23-2/h3-10H,11H2,1-2H3,(H,18,20)(H,19,21). The van der Waals surface area contributed by atoms with Gasteiger partial charge in [-0.3, -0.25) is 9.59 Å². The number of rotatable bonds is 6. The minimum Gasteiger partial charge on any atom is -0.495 e. The maximum atomic E-state index is 12.0. The van der Waals surface area contributed by atoms with E-state index in [4.69, 9.17) is 9.47 Å². The Hall–Kier alpha value is -3.02. The summed E-state index contributed by atoms with van der Waals surface area (Å²) in [5.41, 5.74) is 1.04. The number of nitrogens with one attached hydrogen (secondary N) is 2. The number of methoxy groups -OCH3 is 2. The molecule has 6 nitrogen and oxygen atoms in total. The fourth-order valence-corrected chi connectivity index (χ4v) is 2.03. The lowest BCUT2D eigenvalue weighted by Crippen LogP contribution is -2.21. The van der Waals surface area contributed by atoms with Crippen molar-refractivity contribution >= 4 is 23.2 Å². The Morgan fingerprint density at radius 2 is 1.17 bits per heavy atom. The van der Waals surface area contributed by atoms with Gasteiger partial charge in [-0.25, -0.2) is 0 Å². The van der Waals surface area contributed by atoms with Crippen LogP contribution in [-0.4, -0.2) is 26.0 Å². The van der Waals surface area contributed by atoms with E-state index in [1.807, 2.05) is 0 Å². The molecular formula is C17H18N2O4. The summed E-state index contributed by atoms with van der Waals surface area (Å²) >= 11 is 0. The van der Waals surface area contributed by atoms with E-state index in [0.29, 0.717) is 22.9 Å². The molecule has 23 heavy (non-hydrogen) atoms. The molecule has 0 saturated carbocycles. The smallest absolute Gasteiger partial charge is 0.233 e.